The molecule has 2 saturated heterocycles. The van der Waals surface area contributed by atoms with Gasteiger partial charge in [-0.15, -0.1) is 0 Å². The molecule has 32 heavy (non-hydrogen) atoms. The highest BCUT2D eigenvalue weighted by Gasteiger charge is 2.32. The van der Waals surface area contributed by atoms with E-state index in [1.165, 1.54) is 26.0 Å². The molecule has 0 aliphatic carbocycles. The topological polar surface area (TPSA) is 45.7 Å². The third-order valence-corrected chi connectivity index (χ3v) is 6.48. The van der Waals surface area contributed by atoms with E-state index in [1.54, 1.807) is 19.1 Å². The van der Waals surface area contributed by atoms with Crippen molar-refractivity contribution in [2.24, 2.45) is 0 Å². The molecule has 2 aliphatic rings. The molecule has 0 unspecified atom stereocenters. The van der Waals surface area contributed by atoms with Crippen molar-refractivity contribution in [3.8, 4) is 17.0 Å². The number of aromatic nitrogens is 1. The zero-order valence-corrected chi connectivity index (χ0v) is 18.4. The Labute approximate surface area is 186 Å². The number of pyridine rings is 1. The van der Waals surface area contributed by atoms with Crippen molar-refractivity contribution in [3.05, 3.63) is 47.2 Å². The van der Waals surface area contributed by atoms with Crippen LogP contribution in [0.15, 0.2) is 30.3 Å². The largest absolute Gasteiger partial charge is 0.481 e. The van der Waals surface area contributed by atoms with Crippen LogP contribution in [0, 0.1) is 6.92 Å². The Hall–Kier alpha value is -2.61. The van der Waals surface area contributed by atoms with Gasteiger partial charge in [0, 0.05) is 24.7 Å². The Kier molecular flexibility index (Phi) is 6.42. The van der Waals surface area contributed by atoms with Gasteiger partial charge in [0.2, 0.25) is 5.88 Å². The van der Waals surface area contributed by atoms with Gasteiger partial charge in [0.05, 0.1) is 12.7 Å². The Balaban J connectivity index is 1.55. The van der Waals surface area contributed by atoms with Gasteiger partial charge in [-0.1, -0.05) is 12.1 Å². The summed E-state index contributed by atoms with van der Waals surface area (Å²) in [4.78, 5) is 22.0. The number of aryl methyl sites for hydroxylation is 1. The van der Waals surface area contributed by atoms with Crippen LogP contribution in [0.2, 0.25) is 0 Å². The molecule has 2 aromatic rings. The molecular weight excluding hydrogens is 419 g/mol. The average molecular weight is 448 g/mol. The number of ether oxygens (including phenoxy) is 1. The molecule has 0 saturated carbocycles. The second-order valence-corrected chi connectivity index (χ2v) is 8.56. The molecule has 0 N–H and O–H groups in total. The van der Waals surface area contributed by atoms with E-state index in [0.29, 0.717) is 35.8 Å². The SMILES string of the molecule is COc1nc(C(=O)N2CCC(N3CCCC3)CC2)c(C)cc1-c1cccc(C(F)(F)F)c1. The van der Waals surface area contributed by atoms with E-state index < -0.39 is 11.7 Å². The van der Waals surface area contributed by atoms with E-state index in [4.69, 9.17) is 4.74 Å². The third kappa shape index (κ3) is 4.60. The van der Waals surface area contributed by atoms with Gasteiger partial charge in [-0.05, 0) is 75.0 Å². The zero-order valence-electron chi connectivity index (χ0n) is 18.4. The number of nitrogens with zero attached hydrogens (tertiary/aromatic N) is 3. The first-order valence-corrected chi connectivity index (χ1v) is 11.0. The fourth-order valence-electron chi connectivity index (χ4n) is 4.73. The smallest absolute Gasteiger partial charge is 0.416 e. The maximum Gasteiger partial charge on any atom is 0.416 e. The number of likely N-dealkylation sites (tertiary alicyclic amines) is 2. The molecule has 4 rings (SSSR count). The lowest BCUT2D eigenvalue weighted by Crippen LogP contribution is -2.46. The van der Waals surface area contributed by atoms with Crippen LogP contribution < -0.4 is 4.74 Å². The quantitative estimate of drug-likeness (QED) is 0.677. The fraction of sp³-hybridized carbons (Fsp3) is 0.500. The van der Waals surface area contributed by atoms with Gasteiger partial charge in [-0.25, -0.2) is 4.98 Å². The van der Waals surface area contributed by atoms with Crippen molar-refractivity contribution in [2.75, 3.05) is 33.3 Å². The number of benzene rings is 1. The Bertz CT molecular complexity index is 979. The summed E-state index contributed by atoms with van der Waals surface area (Å²) in [7, 11) is 1.41. The summed E-state index contributed by atoms with van der Waals surface area (Å²) in [5, 5.41) is 0. The minimum atomic E-state index is -4.44. The molecule has 1 amide bonds. The van der Waals surface area contributed by atoms with Crippen LogP contribution in [-0.4, -0.2) is 60.0 Å². The van der Waals surface area contributed by atoms with E-state index in [0.717, 1.165) is 38.1 Å². The minimum Gasteiger partial charge on any atom is -0.481 e. The number of amides is 1. The summed E-state index contributed by atoms with van der Waals surface area (Å²) in [6.07, 6.45) is -0.0438. The molecule has 1 aromatic heterocycles. The van der Waals surface area contributed by atoms with Crippen molar-refractivity contribution < 1.29 is 22.7 Å². The van der Waals surface area contributed by atoms with Crippen LogP contribution >= 0.6 is 0 Å². The zero-order chi connectivity index (χ0) is 22.9. The molecule has 3 heterocycles. The molecule has 1 aromatic carbocycles. The van der Waals surface area contributed by atoms with E-state index >= 15 is 0 Å². The van der Waals surface area contributed by atoms with Crippen molar-refractivity contribution in [1.82, 2.24) is 14.8 Å². The molecule has 172 valence electrons. The number of halogens is 3. The molecule has 2 fully saturated rings. The summed E-state index contributed by atoms with van der Waals surface area (Å²) < 4.78 is 44.8. The highest BCUT2D eigenvalue weighted by atomic mass is 19.4. The molecule has 0 atom stereocenters. The number of rotatable bonds is 4. The van der Waals surface area contributed by atoms with Crippen LogP contribution in [0.4, 0.5) is 13.2 Å². The van der Waals surface area contributed by atoms with Crippen molar-refractivity contribution in [1.29, 1.82) is 0 Å². The van der Waals surface area contributed by atoms with E-state index in [1.807, 2.05) is 4.90 Å². The molecule has 0 bridgehead atoms. The fourth-order valence-corrected chi connectivity index (χ4v) is 4.73. The molecule has 8 heteroatoms. The number of hydrogen-bond acceptors (Lipinski definition) is 4. The highest BCUT2D eigenvalue weighted by molar-refractivity contribution is 5.94. The summed E-state index contributed by atoms with van der Waals surface area (Å²) in [5.74, 6) is -0.0125. The van der Waals surface area contributed by atoms with Gasteiger partial charge in [0.1, 0.15) is 5.69 Å². The minimum absolute atomic E-state index is 0.144. The second-order valence-electron chi connectivity index (χ2n) is 8.56. The lowest BCUT2D eigenvalue weighted by molar-refractivity contribution is -0.137. The van der Waals surface area contributed by atoms with E-state index in [2.05, 4.69) is 9.88 Å². The Morgan fingerprint density at radius 1 is 1.09 bits per heavy atom. The van der Waals surface area contributed by atoms with Gasteiger partial charge in [-0.2, -0.15) is 13.2 Å². The average Bonchev–Trinajstić information content (AvgIpc) is 3.33. The maximum absolute atomic E-state index is 13.2. The van der Waals surface area contributed by atoms with Gasteiger partial charge in [0.25, 0.3) is 5.91 Å². The Morgan fingerprint density at radius 2 is 1.78 bits per heavy atom. The number of alkyl halides is 3. The number of methoxy groups -OCH3 is 1. The lowest BCUT2D eigenvalue weighted by Gasteiger charge is -2.36. The summed E-state index contributed by atoms with van der Waals surface area (Å²) in [6, 6.07) is 7.26. The first-order valence-electron chi connectivity index (χ1n) is 11.0. The normalized spacial score (nSPS) is 18.2. The van der Waals surface area contributed by atoms with Crippen LogP contribution in [0.1, 0.15) is 47.3 Å². The number of hydrogen-bond donors (Lipinski definition) is 0. The van der Waals surface area contributed by atoms with Crippen molar-refractivity contribution in [2.45, 2.75) is 44.8 Å². The molecular formula is C24H28F3N3O2. The van der Waals surface area contributed by atoms with Gasteiger partial charge >= 0.3 is 6.18 Å². The monoisotopic (exact) mass is 447 g/mol. The molecule has 0 radical (unpaired) electrons. The van der Waals surface area contributed by atoms with Gasteiger partial charge in [-0.3, -0.25) is 4.79 Å². The predicted octanol–water partition coefficient (Wildman–Crippen LogP) is 4.78. The van der Waals surface area contributed by atoms with Gasteiger partial charge < -0.3 is 14.5 Å². The van der Waals surface area contributed by atoms with Crippen molar-refractivity contribution >= 4 is 5.91 Å². The maximum atomic E-state index is 13.2. The first kappa shape index (κ1) is 22.6. The van der Waals surface area contributed by atoms with Crippen LogP contribution in [0.25, 0.3) is 11.1 Å². The van der Waals surface area contributed by atoms with Gasteiger partial charge in [0.15, 0.2) is 0 Å². The van der Waals surface area contributed by atoms with E-state index in [9.17, 15) is 18.0 Å². The van der Waals surface area contributed by atoms with Crippen LogP contribution in [-0.2, 0) is 6.18 Å². The molecule has 5 nitrogen and oxygen atoms in total. The number of carbonyl (C=O) groups is 1. The highest BCUT2D eigenvalue weighted by Crippen LogP contribution is 2.36. The first-order chi connectivity index (χ1) is 15.3. The summed E-state index contributed by atoms with van der Waals surface area (Å²) in [5.41, 5.74) is 0.941. The second kappa shape index (κ2) is 9.10. The lowest BCUT2D eigenvalue weighted by atomic mass is 10.00. The molecule has 2 aliphatic heterocycles. The van der Waals surface area contributed by atoms with Crippen LogP contribution in [0.3, 0.4) is 0 Å². The summed E-state index contributed by atoms with van der Waals surface area (Å²) in [6.45, 7) is 5.41. The predicted molar refractivity (Wildman–Crippen MR) is 116 cm³/mol. The van der Waals surface area contributed by atoms with E-state index in [-0.39, 0.29) is 17.5 Å². The number of carbonyl (C=O) groups excluding carboxylic acids is 1. The standard InChI is InChI=1S/C24H28F3N3O2/c1-16-14-20(17-6-5-7-18(15-17)24(25,26)27)22(32-2)28-21(16)23(31)30-12-8-19(9-13-30)29-10-3-4-11-29/h5-7,14-15,19H,3-4,8-13H2,1-2H3. The summed E-state index contributed by atoms with van der Waals surface area (Å²) >= 11 is 0. The van der Waals surface area contributed by atoms with Crippen molar-refractivity contribution in [3.63, 3.8) is 0 Å². The number of piperidine rings is 1. The third-order valence-electron chi connectivity index (χ3n) is 6.48. The van der Waals surface area contributed by atoms with Crippen LogP contribution in [0.5, 0.6) is 5.88 Å². The molecule has 0 spiro atoms. The Morgan fingerprint density at radius 3 is 2.41 bits per heavy atom.